The van der Waals surface area contributed by atoms with Crippen molar-refractivity contribution in [1.82, 2.24) is 9.88 Å². The highest BCUT2D eigenvalue weighted by atomic mass is 16.5. The van der Waals surface area contributed by atoms with Gasteiger partial charge in [0.1, 0.15) is 12.4 Å². The molecule has 25 heavy (non-hydrogen) atoms. The molecule has 1 aromatic rings. The molecule has 6 heteroatoms. The fourth-order valence-corrected chi connectivity index (χ4v) is 2.09. The third kappa shape index (κ3) is 5.90. The molecule has 0 aliphatic heterocycles. The quantitative estimate of drug-likeness (QED) is 0.533. The van der Waals surface area contributed by atoms with Crippen LogP contribution in [0.1, 0.15) is 6.42 Å². The molecule has 0 saturated carbocycles. The number of likely N-dealkylation sites (N-methyl/N-ethyl adjacent to an activating group) is 1. The van der Waals surface area contributed by atoms with Crippen molar-refractivity contribution in [3.05, 3.63) is 59.7 Å². The molecule has 0 N–H and O–H groups in total. The molecule has 1 amide bonds. The van der Waals surface area contributed by atoms with E-state index in [1.54, 1.807) is 42.6 Å². The minimum Gasteiger partial charge on any atom is -0.464 e. The van der Waals surface area contributed by atoms with Crippen LogP contribution in [0.5, 0.6) is 0 Å². The maximum atomic E-state index is 12.8. The molecular weight excluding hydrogens is 318 g/mol. The van der Waals surface area contributed by atoms with Gasteiger partial charge in [-0.2, -0.15) is 0 Å². The van der Waals surface area contributed by atoms with Crippen molar-refractivity contribution in [2.45, 2.75) is 6.42 Å². The summed E-state index contributed by atoms with van der Waals surface area (Å²) >= 11 is 0. The highest BCUT2D eigenvalue weighted by Crippen LogP contribution is 2.15. The number of hydrogen-bond acceptors (Lipinski definition) is 5. The molecular formula is C19H21N3O3. The van der Waals surface area contributed by atoms with E-state index in [0.717, 1.165) is 0 Å². The largest absolute Gasteiger partial charge is 0.464 e. The first-order chi connectivity index (χ1) is 12.1. The SMILES string of the molecule is CN(C)CCOC(=O)CCN(C(=O)C1=CC=C=C=C1)c1ccccn1. The summed E-state index contributed by atoms with van der Waals surface area (Å²) in [6, 6.07) is 5.30. The predicted octanol–water partition coefficient (Wildman–Crippen LogP) is 1.72. The second-order valence-corrected chi connectivity index (χ2v) is 5.64. The molecule has 130 valence electrons. The van der Waals surface area contributed by atoms with Crippen molar-refractivity contribution in [2.75, 3.05) is 38.7 Å². The van der Waals surface area contributed by atoms with Gasteiger partial charge in [0, 0.05) is 30.9 Å². The number of esters is 1. The van der Waals surface area contributed by atoms with E-state index in [2.05, 4.69) is 16.4 Å². The summed E-state index contributed by atoms with van der Waals surface area (Å²) in [7, 11) is 3.81. The van der Waals surface area contributed by atoms with E-state index in [1.165, 1.54) is 4.90 Å². The third-order valence-electron chi connectivity index (χ3n) is 3.42. The molecule has 0 atom stereocenters. The Balaban J connectivity index is 2.02. The highest BCUT2D eigenvalue weighted by Gasteiger charge is 2.21. The number of nitrogens with zero attached hydrogens (tertiary/aromatic N) is 3. The maximum Gasteiger partial charge on any atom is 0.307 e. The van der Waals surface area contributed by atoms with Crippen LogP contribution in [0.3, 0.4) is 0 Å². The first kappa shape index (κ1) is 18.4. The van der Waals surface area contributed by atoms with E-state index < -0.39 is 0 Å². The van der Waals surface area contributed by atoms with Crippen molar-refractivity contribution in [3.63, 3.8) is 0 Å². The summed E-state index contributed by atoms with van der Waals surface area (Å²) in [6.07, 6.45) is 6.55. The van der Waals surface area contributed by atoms with Gasteiger partial charge in [-0.1, -0.05) is 17.5 Å². The van der Waals surface area contributed by atoms with Crippen molar-refractivity contribution in [2.24, 2.45) is 0 Å². The van der Waals surface area contributed by atoms with Gasteiger partial charge in [-0.15, -0.1) is 0 Å². The van der Waals surface area contributed by atoms with E-state index in [1.807, 2.05) is 19.0 Å². The zero-order chi connectivity index (χ0) is 18.1. The monoisotopic (exact) mass is 339 g/mol. The third-order valence-corrected chi connectivity index (χ3v) is 3.42. The van der Waals surface area contributed by atoms with E-state index in [-0.39, 0.29) is 24.8 Å². The summed E-state index contributed by atoms with van der Waals surface area (Å²) in [5.74, 6) is -0.102. The Kier molecular flexibility index (Phi) is 6.93. The molecule has 0 saturated heterocycles. The van der Waals surface area contributed by atoms with Gasteiger partial charge in [0.2, 0.25) is 0 Å². The zero-order valence-corrected chi connectivity index (χ0v) is 14.4. The van der Waals surface area contributed by atoms with E-state index in [9.17, 15) is 9.59 Å². The van der Waals surface area contributed by atoms with Crippen LogP contribution in [0.25, 0.3) is 0 Å². The predicted molar refractivity (Wildman–Crippen MR) is 95.0 cm³/mol. The number of pyridine rings is 1. The Labute approximate surface area is 147 Å². The highest BCUT2D eigenvalue weighted by molar-refractivity contribution is 6.07. The molecule has 0 unspecified atom stereocenters. The van der Waals surface area contributed by atoms with Gasteiger partial charge in [0.25, 0.3) is 5.91 Å². The number of ether oxygens (including phenoxy) is 1. The van der Waals surface area contributed by atoms with E-state index >= 15 is 0 Å². The Bertz CT molecular complexity index is 740. The first-order valence-corrected chi connectivity index (χ1v) is 7.99. The second kappa shape index (κ2) is 9.40. The number of aromatic nitrogens is 1. The van der Waals surface area contributed by atoms with Gasteiger partial charge in [-0.05, 0) is 38.4 Å². The molecule has 1 aliphatic rings. The lowest BCUT2D eigenvalue weighted by molar-refractivity contribution is -0.143. The molecule has 0 fully saturated rings. The lowest BCUT2D eigenvalue weighted by atomic mass is 10.1. The normalized spacial score (nSPS) is 12.2. The van der Waals surface area contributed by atoms with E-state index in [4.69, 9.17) is 4.74 Å². The van der Waals surface area contributed by atoms with Gasteiger partial charge in [0.15, 0.2) is 0 Å². The fourth-order valence-electron chi connectivity index (χ4n) is 2.09. The van der Waals surface area contributed by atoms with Crippen LogP contribution in [0.2, 0.25) is 0 Å². The summed E-state index contributed by atoms with van der Waals surface area (Å²) in [5.41, 5.74) is 5.99. The van der Waals surface area contributed by atoms with Gasteiger partial charge >= 0.3 is 5.97 Å². The minimum atomic E-state index is -0.344. The molecule has 6 nitrogen and oxygen atoms in total. The summed E-state index contributed by atoms with van der Waals surface area (Å²) in [6.45, 7) is 1.17. The van der Waals surface area contributed by atoms with Crippen molar-refractivity contribution < 1.29 is 14.3 Å². The van der Waals surface area contributed by atoms with Gasteiger partial charge in [-0.25, -0.2) is 4.98 Å². The maximum absolute atomic E-state index is 12.8. The lowest BCUT2D eigenvalue weighted by Crippen LogP contribution is -2.35. The number of amides is 1. The van der Waals surface area contributed by atoms with Crippen LogP contribution >= 0.6 is 0 Å². The van der Waals surface area contributed by atoms with Crippen LogP contribution in [-0.4, -0.2) is 55.6 Å². The van der Waals surface area contributed by atoms with Crippen molar-refractivity contribution in [1.29, 1.82) is 0 Å². The molecule has 0 radical (unpaired) electrons. The van der Waals surface area contributed by atoms with Crippen LogP contribution < -0.4 is 4.90 Å². The van der Waals surface area contributed by atoms with Crippen LogP contribution in [-0.2, 0) is 14.3 Å². The molecule has 0 aromatic carbocycles. The van der Waals surface area contributed by atoms with Crippen molar-refractivity contribution in [3.8, 4) is 0 Å². The summed E-state index contributed by atoms with van der Waals surface area (Å²) in [5, 5.41) is 0. The number of carbonyl (C=O) groups excluding carboxylic acids is 2. The molecule has 1 heterocycles. The van der Waals surface area contributed by atoms with Crippen molar-refractivity contribution >= 4 is 17.7 Å². The van der Waals surface area contributed by atoms with Gasteiger partial charge in [-0.3, -0.25) is 14.5 Å². The smallest absolute Gasteiger partial charge is 0.307 e. The number of hydrogen-bond donors (Lipinski definition) is 0. The molecule has 1 aromatic heterocycles. The average molecular weight is 339 g/mol. The molecule has 0 bridgehead atoms. The standard InChI is InChI=1S/C19H21N3O3/c1-21(2)14-15-25-18(23)11-13-22(17-10-6-7-12-20-17)19(24)16-8-4-3-5-9-16/h4,6-10,12H,11,13-15H2,1-2H3. The minimum absolute atomic E-state index is 0.0957. The fraction of sp³-hybridized carbons (Fsp3) is 0.316. The summed E-state index contributed by atoms with van der Waals surface area (Å²) < 4.78 is 5.17. The van der Waals surface area contributed by atoms with Crippen LogP contribution in [0.15, 0.2) is 59.7 Å². The number of carbonyl (C=O) groups is 2. The Hall–Kier alpha value is -2.91. The Morgan fingerprint density at radius 3 is 2.68 bits per heavy atom. The second-order valence-electron chi connectivity index (χ2n) is 5.64. The summed E-state index contributed by atoms with van der Waals surface area (Å²) in [4.78, 5) is 32.3. The first-order valence-electron chi connectivity index (χ1n) is 7.99. The van der Waals surface area contributed by atoms with Gasteiger partial charge in [0.05, 0.1) is 6.42 Å². The average Bonchev–Trinajstić information content (AvgIpc) is 2.63. The van der Waals surface area contributed by atoms with Crippen LogP contribution in [0, 0.1) is 0 Å². The molecule has 1 aliphatic carbocycles. The number of rotatable bonds is 8. The molecule has 0 spiro atoms. The zero-order valence-electron chi connectivity index (χ0n) is 14.4. The number of allylic oxidation sites excluding steroid dienone is 2. The Morgan fingerprint density at radius 2 is 2.04 bits per heavy atom. The van der Waals surface area contributed by atoms with Gasteiger partial charge < -0.3 is 9.64 Å². The topological polar surface area (TPSA) is 62.7 Å². The van der Waals surface area contributed by atoms with E-state index in [0.29, 0.717) is 24.5 Å². The number of anilines is 1. The van der Waals surface area contributed by atoms with Crippen LogP contribution in [0.4, 0.5) is 5.82 Å². The lowest BCUT2D eigenvalue weighted by Gasteiger charge is -2.22. The molecule has 2 rings (SSSR count). The Morgan fingerprint density at radius 1 is 1.20 bits per heavy atom.